The molecule has 0 radical (unpaired) electrons. The molecule has 0 aromatic heterocycles. The number of halogens is 3. The third-order valence-corrected chi connectivity index (χ3v) is 9.32. The van der Waals surface area contributed by atoms with Gasteiger partial charge in [0.25, 0.3) is 0 Å². The fourth-order valence-electron chi connectivity index (χ4n) is 5.21. The van der Waals surface area contributed by atoms with Crippen molar-refractivity contribution in [3.05, 3.63) is 65.7 Å². The minimum absolute atomic E-state index is 0.0859. The van der Waals surface area contributed by atoms with Crippen LogP contribution in [0.2, 0.25) is 0 Å². The molecule has 2 heterocycles. The molecule has 7 nitrogen and oxygen atoms in total. The summed E-state index contributed by atoms with van der Waals surface area (Å²) < 4.78 is 73.7. The van der Waals surface area contributed by atoms with Gasteiger partial charge in [0.2, 0.25) is 15.9 Å². The Morgan fingerprint density at radius 1 is 1.00 bits per heavy atom. The van der Waals surface area contributed by atoms with E-state index in [1.165, 1.54) is 6.07 Å². The lowest BCUT2D eigenvalue weighted by molar-refractivity contribution is -0.141. The number of aliphatic hydroxyl groups is 1. The lowest BCUT2D eigenvalue weighted by atomic mass is 9.85. The Balaban J connectivity index is 1.32. The van der Waals surface area contributed by atoms with Crippen molar-refractivity contribution in [2.24, 2.45) is 0 Å². The zero-order valence-electron chi connectivity index (χ0n) is 21.1. The molecule has 4 rings (SSSR count). The molecule has 1 N–H and O–H groups in total. The second kappa shape index (κ2) is 11.7. The average molecular weight is 555 g/mol. The number of rotatable bonds is 8. The van der Waals surface area contributed by atoms with Crippen LogP contribution in [0.25, 0.3) is 0 Å². The van der Waals surface area contributed by atoms with Crippen LogP contribution in [0.1, 0.15) is 43.2 Å². The second-order valence-corrected chi connectivity index (χ2v) is 11.9. The zero-order valence-corrected chi connectivity index (χ0v) is 21.9. The summed E-state index contributed by atoms with van der Waals surface area (Å²) in [5, 5.41) is 10.9. The Labute approximate surface area is 221 Å². The quantitative estimate of drug-likeness (QED) is 0.536. The molecule has 2 fully saturated rings. The molecular formula is C27H33F3N2O5S. The Kier molecular flexibility index (Phi) is 8.81. The number of benzene rings is 2. The van der Waals surface area contributed by atoms with E-state index in [-0.39, 0.29) is 25.7 Å². The van der Waals surface area contributed by atoms with E-state index < -0.39 is 38.3 Å². The van der Waals surface area contributed by atoms with Gasteiger partial charge in [0, 0.05) is 32.1 Å². The molecule has 2 aromatic rings. The van der Waals surface area contributed by atoms with E-state index in [1.54, 1.807) is 4.90 Å². The average Bonchev–Trinajstić information content (AvgIpc) is 2.89. The molecule has 2 aromatic carbocycles. The second-order valence-electron chi connectivity index (χ2n) is 10.0. The van der Waals surface area contributed by atoms with E-state index in [9.17, 15) is 31.5 Å². The van der Waals surface area contributed by atoms with Crippen molar-refractivity contribution in [1.29, 1.82) is 0 Å². The smallest absolute Gasteiger partial charge is 0.389 e. The van der Waals surface area contributed by atoms with E-state index >= 15 is 0 Å². The summed E-state index contributed by atoms with van der Waals surface area (Å²) in [4.78, 5) is 13.6. The van der Waals surface area contributed by atoms with E-state index in [4.69, 9.17) is 4.74 Å². The van der Waals surface area contributed by atoms with Gasteiger partial charge in [0.1, 0.15) is 6.61 Å². The Hall–Kier alpha value is -2.47. The van der Waals surface area contributed by atoms with Crippen LogP contribution in [0.4, 0.5) is 13.2 Å². The summed E-state index contributed by atoms with van der Waals surface area (Å²) in [7, 11) is -4.42. The highest BCUT2D eigenvalue weighted by molar-refractivity contribution is 7.89. The van der Waals surface area contributed by atoms with Crippen molar-refractivity contribution in [2.75, 3.05) is 32.8 Å². The summed E-state index contributed by atoms with van der Waals surface area (Å²) in [6, 6.07) is 13.2. The summed E-state index contributed by atoms with van der Waals surface area (Å²) in [5.41, 5.74) is -1.05. The normalized spacial score (nSPS) is 20.8. The summed E-state index contributed by atoms with van der Waals surface area (Å²) >= 11 is 0. The number of carbonyl (C=O) groups excluding carboxylic acids is 1. The third-order valence-electron chi connectivity index (χ3n) is 7.31. The summed E-state index contributed by atoms with van der Waals surface area (Å²) in [5.74, 6) is -0.264. The molecule has 2 aliphatic heterocycles. The fourth-order valence-corrected chi connectivity index (χ4v) is 7.10. The predicted octanol–water partition coefficient (Wildman–Crippen LogP) is 3.86. The van der Waals surface area contributed by atoms with Gasteiger partial charge in [0.15, 0.2) is 0 Å². The van der Waals surface area contributed by atoms with Gasteiger partial charge in [-0.1, -0.05) is 48.9 Å². The maximum Gasteiger partial charge on any atom is 0.417 e. The highest BCUT2D eigenvalue weighted by Gasteiger charge is 2.41. The van der Waals surface area contributed by atoms with Gasteiger partial charge in [0.05, 0.1) is 22.7 Å². The van der Waals surface area contributed by atoms with Crippen LogP contribution >= 0.6 is 0 Å². The van der Waals surface area contributed by atoms with Gasteiger partial charge in [-0.25, -0.2) is 8.42 Å². The summed E-state index contributed by atoms with van der Waals surface area (Å²) in [6.07, 6.45) is -1.77. The monoisotopic (exact) mass is 554 g/mol. The van der Waals surface area contributed by atoms with Crippen molar-refractivity contribution in [1.82, 2.24) is 9.21 Å². The van der Waals surface area contributed by atoms with E-state index in [2.05, 4.69) is 0 Å². The van der Waals surface area contributed by atoms with Crippen LogP contribution < -0.4 is 0 Å². The number of carbonyl (C=O) groups is 1. The van der Waals surface area contributed by atoms with Crippen molar-refractivity contribution < 1.29 is 36.2 Å². The zero-order chi connectivity index (χ0) is 27.4. The number of piperidine rings is 2. The first-order valence-corrected chi connectivity index (χ1v) is 14.2. The highest BCUT2D eigenvalue weighted by atomic mass is 32.2. The fraction of sp³-hybridized carbons (Fsp3) is 0.519. The number of nitrogens with zero attached hydrogens (tertiary/aromatic N) is 2. The molecule has 1 amide bonds. The number of ether oxygens (including phenoxy) is 1. The number of sulfonamides is 1. The van der Waals surface area contributed by atoms with E-state index in [0.29, 0.717) is 51.6 Å². The Morgan fingerprint density at radius 2 is 1.66 bits per heavy atom. The molecule has 2 saturated heterocycles. The van der Waals surface area contributed by atoms with Gasteiger partial charge >= 0.3 is 6.18 Å². The minimum atomic E-state index is -4.81. The van der Waals surface area contributed by atoms with Crippen LogP contribution in [0.15, 0.2) is 59.5 Å². The molecule has 11 heteroatoms. The molecule has 208 valence electrons. The topological polar surface area (TPSA) is 87.2 Å². The lowest BCUT2D eigenvalue weighted by Crippen LogP contribution is -2.49. The van der Waals surface area contributed by atoms with Crippen LogP contribution in [0.5, 0.6) is 0 Å². The van der Waals surface area contributed by atoms with Gasteiger partial charge in [-0.05, 0) is 43.4 Å². The Bertz CT molecular complexity index is 1200. The molecule has 1 atom stereocenters. The van der Waals surface area contributed by atoms with Gasteiger partial charge in [-0.15, -0.1) is 0 Å². The number of hydrogen-bond acceptors (Lipinski definition) is 5. The van der Waals surface area contributed by atoms with Gasteiger partial charge in [-0.2, -0.15) is 17.5 Å². The SMILES string of the molecule is O=C(COCC1CCCCN1S(=O)(=O)c1ccccc1C(F)(F)F)N1CCC(O)(Cc2ccccc2)CC1. The van der Waals surface area contributed by atoms with E-state index in [0.717, 1.165) is 28.1 Å². The van der Waals surface area contributed by atoms with E-state index in [1.807, 2.05) is 30.3 Å². The summed E-state index contributed by atoms with van der Waals surface area (Å²) in [6.45, 7) is 0.488. The molecule has 0 saturated carbocycles. The molecule has 0 spiro atoms. The number of hydrogen-bond donors (Lipinski definition) is 1. The maximum atomic E-state index is 13.5. The Morgan fingerprint density at radius 3 is 2.34 bits per heavy atom. The third kappa shape index (κ3) is 6.74. The molecule has 2 aliphatic rings. The van der Waals surface area contributed by atoms with Crippen LogP contribution in [-0.4, -0.2) is 73.1 Å². The first-order chi connectivity index (χ1) is 18.0. The highest BCUT2D eigenvalue weighted by Crippen LogP contribution is 2.36. The van der Waals surface area contributed by atoms with Gasteiger partial charge in [-0.3, -0.25) is 4.79 Å². The molecule has 1 unspecified atom stereocenters. The number of alkyl halides is 3. The van der Waals surface area contributed by atoms with Crippen LogP contribution in [-0.2, 0) is 32.2 Å². The number of amides is 1. The maximum absolute atomic E-state index is 13.5. The predicted molar refractivity (Wildman–Crippen MR) is 135 cm³/mol. The molecular weight excluding hydrogens is 521 g/mol. The van der Waals surface area contributed by atoms with Crippen LogP contribution in [0, 0.1) is 0 Å². The number of likely N-dealkylation sites (tertiary alicyclic amines) is 1. The molecule has 0 bridgehead atoms. The van der Waals surface area contributed by atoms with Crippen LogP contribution in [0.3, 0.4) is 0 Å². The van der Waals surface area contributed by atoms with Crippen molar-refractivity contribution in [3.8, 4) is 0 Å². The van der Waals surface area contributed by atoms with Crippen molar-refractivity contribution in [2.45, 2.75) is 61.2 Å². The molecule has 0 aliphatic carbocycles. The lowest BCUT2D eigenvalue weighted by Gasteiger charge is -2.38. The first kappa shape index (κ1) is 28.5. The van der Waals surface area contributed by atoms with Crippen molar-refractivity contribution >= 4 is 15.9 Å². The first-order valence-electron chi connectivity index (χ1n) is 12.8. The minimum Gasteiger partial charge on any atom is -0.389 e. The molecule has 38 heavy (non-hydrogen) atoms. The van der Waals surface area contributed by atoms with Crippen molar-refractivity contribution in [3.63, 3.8) is 0 Å². The van der Waals surface area contributed by atoms with Gasteiger partial charge < -0.3 is 14.7 Å². The standard InChI is InChI=1S/C27H33F3N2O5S/c28-27(29,30)23-11-4-5-12-24(23)38(35,36)32-15-7-6-10-22(32)19-37-20-25(33)31-16-13-26(34,14-17-31)18-21-8-2-1-3-9-21/h1-5,8-9,11-12,22,34H,6-7,10,13-20H2. The largest absolute Gasteiger partial charge is 0.417 e.